The summed E-state index contributed by atoms with van der Waals surface area (Å²) in [6, 6.07) is 10.5. The van der Waals surface area contributed by atoms with E-state index >= 15 is 8.78 Å². The van der Waals surface area contributed by atoms with Gasteiger partial charge in [-0.25, -0.2) is 13.6 Å². The van der Waals surface area contributed by atoms with Gasteiger partial charge in [0, 0.05) is 22.1 Å². The third-order valence-corrected chi connectivity index (χ3v) is 8.26. The Labute approximate surface area is 256 Å². The molecule has 0 spiro atoms. The SMILES string of the molecule is CC(C)(C)C[C@@H]1N(c2ccc(C(N)=O)cc2C(N)=O)[C@@H](C(=O)O)[C@H](c2cccc(Cl)c2F)[C@@]1(C#N)c1ccc(Cl)cc1F. The monoisotopic (exact) mass is 628 g/mol. The number of nitrogens with zero attached hydrogens (tertiary/aromatic N) is 2. The van der Waals surface area contributed by atoms with E-state index in [1.807, 2.05) is 20.8 Å². The summed E-state index contributed by atoms with van der Waals surface area (Å²) in [5.41, 5.74) is 7.54. The maximum atomic E-state index is 16.0. The summed E-state index contributed by atoms with van der Waals surface area (Å²) in [5.74, 6) is -6.85. The highest BCUT2D eigenvalue weighted by atomic mass is 35.5. The number of anilines is 1. The molecular weight excluding hydrogens is 601 g/mol. The third kappa shape index (κ3) is 5.51. The normalized spacial score (nSPS) is 21.8. The first-order valence-electron chi connectivity index (χ1n) is 13.1. The number of nitrogens with two attached hydrogens (primary N) is 2. The summed E-state index contributed by atoms with van der Waals surface area (Å²) >= 11 is 12.2. The second-order valence-electron chi connectivity index (χ2n) is 11.7. The molecule has 3 aromatic carbocycles. The van der Waals surface area contributed by atoms with Crippen LogP contribution in [-0.4, -0.2) is 35.0 Å². The van der Waals surface area contributed by atoms with Gasteiger partial charge in [0.25, 0.3) is 5.91 Å². The third-order valence-electron chi connectivity index (χ3n) is 7.73. The molecule has 1 fully saturated rings. The van der Waals surface area contributed by atoms with Crippen LogP contribution in [0.1, 0.15) is 65.0 Å². The van der Waals surface area contributed by atoms with Crippen molar-refractivity contribution in [3.8, 4) is 6.07 Å². The Morgan fingerprint density at radius 3 is 2.26 bits per heavy atom. The van der Waals surface area contributed by atoms with E-state index in [4.69, 9.17) is 34.7 Å². The molecule has 4 rings (SSSR count). The Morgan fingerprint density at radius 2 is 1.72 bits per heavy atom. The highest BCUT2D eigenvalue weighted by Gasteiger charge is 2.65. The Bertz CT molecular complexity index is 1690. The Hall–Kier alpha value is -4.20. The lowest BCUT2D eigenvalue weighted by Crippen LogP contribution is -2.48. The highest BCUT2D eigenvalue weighted by Crippen LogP contribution is 2.58. The van der Waals surface area contributed by atoms with Crippen LogP contribution in [0.3, 0.4) is 0 Å². The Balaban J connectivity index is 2.23. The van der Waals surface area contributed by atoms with E-state index in [0.717, 1.165) is 12.1 Å². The van der Waals surface area contributed by atoms with E-state index in [2.05, 4.69) is 6.07 Å². The highest BCUT2D eigenvalue weighted by molar-refractivity contribution is 6.31. The Morgan fingerprint density at radius 1 is 1.05 bits per heavy atom. The van der Waals surface area contributed by atoms with Crippen molar-refractivity contribution >= 4 is 46.7 Å². The molecule has 2 amide bonds. The number of carboxylic acids is 1. The summed E-state index contributed by atoms with van der Waals surface area (Å²) in [7, 11) is 0. The van der Waals surface area contributed by atoms with Crippen molar-refractivity contribution < 1.29 is 28.3 Å². The largest absolute Gasteiger partial charge is 0.480 e. The van der Waals surface area contributed by atoms with Crippen LogP contribution < -0.4 is 16.4 Å². The average molecular weight is 629 g/mol. The molecule has 0 bridgehead atoms. The van der Waals surface area contributed by atoms with Crippen LogP contribution in [0, 0.1) is 28.4 Å². The lowest BCUT2D eigenvalue weighted by molar-refractivity contribution is -0.138. The van der Waals surface area contributed by atoms with Crippen LogP contribution in [0.4, 0.5) is 14.5 Å². The maximum Gasteiger partial charge on any atom is 0.327 e. The lowest BCUT2D eigenvalue weighted by Gasteiger charge is -2.40. The fourth-order valence-electron chi connectivity index (χ4n) is 6.11. The van der Waals surface area contributed by atoms with Crippen molar-refractivity contribution in [3.63, 3.8) is 0 Å². The van der Waals surface area contributed by atoms with Gasteiger partial charge in [0.2, 0.25) is 5.91 Å². The summed E-state index contributed by atoms with van der Waals surface area (Å²) in [6.45, 7) is 5.50. The van der Waals surface area contributed by atoms with Crippen molar-refractivity contribution in [2.75, 3.05) is 4.90 Å². The van der Waals surface area contributed by atoms with E-state index < -0.39 is 58.2 Å². The molecule has 4 atom stereocenters. The molecule has 8 nitrogen and oxygen atoms in total. The molecule has 1 heterocycles. The molecule has 0 saturated carbocycles. The fraction of sp³-hybridized carbons (Fsp3) is 0.290. The van der Waals surface area contributed by atoms with Crippen molar-refractivity contribution in [1.82, 2.24) is 0 Å². The zero-order chi connectivity index (χ0) is 32.0. The van der Waals surface area contributed by atoms with Crippen molar-refractivity contribution in [2.45, 2.75) is 50.6 Å². The first kappa shape index (κ1) is 31.7. The summed E-state index contributed by atoms with van der Waals surface area (Å²) in [4.78, 5) is 39.3. The van der Waals surface area contributed by atoms with Gasteiger partial charge in [-0.2, -0.15) is 5.26 Å². The predicted molar refractivity (Wildman–Crippen MR) is 158 cm³/mol. The molecular formula is C31H28Cl2F2N4O4. The van der Waals surface area contributed by atoms with E-state index in [9.17, 15) is 24.8 Å². The number of carbonyl (C=O) groups excluding carboxylic acids is 2. The van der Waals surface area contributed by atoms with Crippen LogP contribution in [0.2, 0.25) is 10.0 Å². The molecule has 0 aromatic heterocycles. The molecule has 12 heteroatoms. The van der Waals surface area contributed by atoms with Crippen LogP contribution in [0.5, 0.6) is 0 Å². The quantitative estimate of drug-likeness (QED) is 0.301. The van der Waals surface area contributed by atoms with Gasteiger partial charge in [-0.15, -0.1) is 0 Å². The van der Waals surface area contributed by atoms with E-state index in [-0.39, 0.29) is 44.4 Å². The Kier molecular flexibility index (Phi) is 8.47. The second-order valence-corrected chi connectivity index (χ2v) is 12.5. The standard InChI is InChI=1S/C31H28Cl2F2N4O4/c1-30(2,3)13-23-31(14-36,19-9-8-16(32)12-21(19)34)24(17-5-4-6-20(33)25(17)35)26(29(42)43)39(23)22-10-7-15(27(37)40)11-18(22)28(38)41/h4-12,23-24,26H,13H2,1-3H3,(H2,37,40)(H2,38,41)(H,42,43)/t23-,24-,26+,31-/m0/s1. The molecule has 0 radical (unpaired) electrons. The molecule has 1 saturated heterocycles. The van der Waals surface area contributed by atoms with Gasteiger partial charge < -0.3 is 21.5 Å². The number of primary amides is 2. The lowest BCUT2D eigenvalue weighted by atomic mass is 9.62. The van der Waals surface area contributed by atoms with Gasteiger partial charge in [0.1, 0.15) is 23.1 Å². The topological polar surface area (TPSA) is 151 Å². The molecule has 43 heavy (non-hydrogen) atoms. The first-order valence-corrected chi connectivity index (χ1v) is 13.9. The van der Waals surface area contributed by atoms with E-state index in [1.165, 1.54) is 47.4 Å². The zero-order valence-electron chi connectivity index (χ0n) is 23.4. The molecule has 3 aromatic rings. The van der Waals surface area contributed by atoms with Gasteiger partial charge in [-0.05, 0) is 53.8 Å². The zero-order valence-corrected chi connectivity index (χ0v) is 24.9. The van der Waals surface area contributed by atoms with Gasteiger partial charge in [0.05, 0.1) is 28.4 Å². The first-order chi connectivity index (χ1) is 20.0. The molecule has 224 valence electrons. The van der Waals surface area contributed by atoms with Crippen LogP contribution in [0.15, 0.2) is 54.6 Å². The number of rotatable bonds is 7. The number of carbonyl (C=O) groups is 3. The van der Waals surface area contributed by atoms with Crippen molar-refractivity contribution in [1.29, 1.82) is 5.26 Å². The summed E-state index contributed by atoms with van der Waals surface area (Å²) < 4.78 is 31.9. The minimum atomic E-state index is -2.09. The number of hydrogen-bond donors (Lipinski definition) is 3. The molecule has 0 unspecified atom stereocenters. The van der Waals surface area contributed by atoms with Crippen molar-refractivity contribution in [3.05, 3.63) is 98.5 Å². The average Bonchev–Trinajstić information content (AvgIpc) is 3.19. The summed E-state index contributed by atoms with van der Waals surface area (Å²) in [5, 5.41) is 21.6. The minimum Gasteiger partial charge on any atom is -0.480 e. The molecule has 1 aliphatic heterocycles. The second kappa shape index (κ2) is 11.5. The minimum absolute atomic E-state index is 0.0230. The van der Waals surface area contributed by atoms with Crippen molar-refractivity contribution in [2.24, 2.45) is 16.9 Å². The number of benzene rings is 3. The summed E-state index contributed by atoms with van der Waals surface area (Å²) in [6.07, 6.45) is 0.0564. The fourth-order valence-corrected chi connectivity index (χ4v) is 6.45. The molecule has 5 N–H and O–H groups in total. The van der Waals surface area contributed by atoms with Gasteiger partial charge in [-0.1, -0.05) is 62.2 Å². The van der Waals surface area contributed by atoms with Gasteiger partial charge in [0.15, 0.2) is 0 Å². The number of hydrogen-bond acceptors (Lipinski definition) is 5. The van der Waals surface area contributed by atoms with Gasteiger partial charge >= 0.3 is 5.97 Å². The number of amides is 2. The number of aliphatic carboxylic acids is 1. The van der Waals surface area contributed by atoms with Gasteiger partial charge in [-0.3, -0.25) is 9.59 Å². The van der Waals surface area contributed by atoms with E-state index in [1.54, 1.807) is 0 Å². The molecule has 0 aliphatic carbocycles. The number of carboxylic acid groups (broad SMARTS) is 1. The smallest absolute Gasteiger partial charge is 0.327 e. The molecule has 1 aliphatic rings. The maximum absolute atomic E-state index is 16.0. The van der Waals surface area contributed by atoms with Crippen LogP contribution in [0.25, 0.3) is 0 Å². The predicted octanol–water partition coefficient (Wildman–Crippen LogP) is 5.79. The number of nitriles is 1. The number of halogens is 4. The van der Waals surface area contributed by atoms with Crippen LogP contribution >= 0.6 is 23.2 Å². The van der Waals surface area contributed by atoms with Crippen LogP contribution in [-0.2, 0) is 10.2 Å². The van der Waals surface area contributed by atoms with E-state index in [0.29, 0.717) is 0 Å².